The summed E-state index contributed by atoms with van der Waals surface area (Å²) in [6.07, 6.45) is 1.23. The molecule has 1 N–H and O–H groups in total. The van der Waals surface area contributed by atoms with Crippen molar-refractivity contribution in [3.8, 4) is 22.8 Å². The largest absolute Gasteiger partial charge is 0.434 e. The number of anilines is 1. The van der Waals surface area contributed by atoms with Crippen LogP contribution in [0.25, 0.3) is 22.8 Å². The third kappa shape index (κ3) is 4.72. The summed E-state index contributed by atoms with van der Waals surface area (Å²) in [4.78, 5) is 13.1. The number of aromatic nitrogens is 4. The molecule has 0 saturated carbocycles. The number of nitrogens with one attached hydrogen (secondary N) is 1. The number of hydrogen-bond donors (Lipinski definition) is 1. The molecule has 0 amide bonds. The van der Waals surface area contributed by atoms with Gasteiger partial charge in [0.25, 0.3) is 0 Å². The van der Waals surface area contributed by atoms with Gasteiger partial charge in [0.2, 0.25) is 0 Å². The summed E-state index contributed by atoms with van der Waals surface area (Å²) in [5.41, 5.74) is 7.30. The summed E-state index contributed by atoms with van der Waals surface area (Å²) in [5.74, 6) is 0.574. The van der Waals surface area contributed by atoms with Crippen molar-refractivity contribution in [1.82, 2.24) is 19.5 Å². The molecule has 8 heteroatoms. The maximum absolute atomic E-state index is 13.0. The predicted octanol–water partition coefficient (Wildman–Crippen LogP) is 6.79. The lowest BCUT2D eigenvalue weighted by molar-refractivity contribution is -0.140. The van der Waals surface area contributed by atoms with Crippen LogP contribution in [-0.2, 0) is 32.6 Å². The monoisotopic (exact) mass is 491 g/mol. The second-order valence-electron chi connectivity index (χ2n) is 9.54. The summed E-state index contributed by atoms with van der Waals surface area (Å²) < 4.78 is 40.4. The second-order valence-corrected chi connectivity index (χ2v) is 9.54. The Morgan fingerprint density at radius 3 is 2.53 bits per heavy atom. The van der Waals surface area contributed by atoms with Crippen LogP contribution in [0.3, 0.4) is 0 Å². The quantitative estimate of drug-likeness (QED) is 0.323. The highest BCUT2D eigenvalue weighted by Crippen LogP contribution is 2.35. The molecule has 1 aliphatic rings. The first kappa shape index (κ1) is 24.0. The van der Waals surface area contributed by atoms with Crippen molar-refractivity contribution in [3.05, 3.63) is 82.9 Å². The van der Waals surface area contributed by atoms with E-state index in [4.69, 9.17) is 4.98 Å². The summed E-state index contributed by atoms with van der Waals surface area (Å²) in [7, 11) is 1.54. The average Bonchev–Trinajstić information content (AvgIpc) is 3.49. The number of imidazole rings is 1. The van der Waals surface area contributed by atoms with Gasteiger partial charge < -0.3 is 9.88 Å². The molecule has 36 heavy (non-hydrogen) atoms. The fourth-order valence-electron chi connectivity index (χ4n) is 4.77. The molecule has 1 aromatic carbocycles. The highest BCUT2D eigenvalue weighted by molar-refractivity contribution is 5.71. The fourth-order valence-corrected chi connectivity index (χ4v) is 4.77. The van der Waals surface area contributed by atoms with E-state index in [2.05, 4.69) is 59.5 Å². The van der Waals surface area contributed by atoms with Crippen LogP contribution in [0.15, 0.2) is 54.9 Å². The van der Waals surface area contributed by atoms with E-state index >= 15 is 0 Å². The minimum atomic E-state index is -4.49. The maximum atomic E-state index is 13.0. The summed E-state index contributed by atoms with van der Waals surface area (Å²) in [5, 5.41) is 3.57. The van der Waals surface area contributed by atoms with Gasteiger partial charge in [-0.2, -0.15) is 13.2 Å². The Morgan fingerprint density at radius 1 is 1.03 bits per heavy atom. The van der Waals surface area contributed by atoms with Crippen molar-refractivity contribution in [2.75, 3.05) is 5.32 Å². The normalized spacial score (nSPS) is 13.3. The molecule has 3 aromatic heterocycles. The average molecular weight is 492 g/mol. The van der Waals surface area contributed by atoms with Crippen LogP contribution in [0.2, 0.25) is 0 Å². The molecule has 1 aliphatic carbocycles. The fraction of sp³-hybridized carbons (Fsp3) is 0.321. The smallest absolute Gasteiger partial charge is 0.381 e. The van der Waals surface area contributed by atoms with Gasteiger partial charge in [-0.3, -0.25) is 9.97 Å². The molecule has 3 heterocycles. The molecule has 0 atom stereocenters. The molecule has 0 radical (unpaired) electrons. The highest BCUT2D eigenvalue weighted by atomic mass is 19.4. The van der Waals surface area contributed by atoms with Crippen LogP contribution in [0.4, 0.5) is 18.9 Å². The zero-order valence-electron chi connectivity index (χ0n) is 20.5. The molecule has 5 nitrogen and oxygen atoms in total. The van der Waals surface area contributed by atoms with E-state index in [0.717, 1.165) is 53.7 Å². The molecule has 0 saturated heterocycles. The van der Waals surface area contributed by atoms with Crippen molar-refractivity contribution in [2.24, 2.45) is 7.05 Å². The van der Waals surface area contributed by atoms with E-state index in [9.17, 15) is 13.2 Å². The van der Waals surface area contributed by atoms with Gasteiger partial charge in [-0.1, -0.05) is 44.2 Å². The lowest BCUT2D eigenvalue weighted by Crippen LogP contribution is -2.06. The van der Waals surface area contributed by atoms with Crippen LogP contribution in [0.5, 0.6) is 0 Å². The Balaban J connectivity index is 1.38. The van der Waals surface area contributed by atoms with Gasteiger partial charge in [-0.15, -0.1) is 0 Å². The molecular weight excluding hydrogens is 463 g/mol. The first-order valence-electron chi connectivity index (χ1n) is 12.1. The van der Waals surface area contributed by atoms with Crippen molar-refractivity contribution in [1.29, 1.82) is 0 Å². The molecule has 0 bridgehead atoms. The number of alkyl halides is 3. The first-order chi connectivity index (χ1) is 17.2. The van der Waals surface area contributed by atoms with Gasteiger partial charge in [0.15, 0.2) is 11.5 Å². The van der Waals surface area contributed by atoms with E-state index in [0.29, 0.717) is 18.2 Å². The molecule has 4 aromatic rings. The van der Waals surface area contributed by atoms with Gasteiger partial charge >= 0.3 is 6.18 Å². The summed E-state index contributed by atoms with van der Waals surface area (Å²) in [6, 6.07) is 14.1. The van der Waals surface area contributed by atoms with Crippen LogP contribution in [0.1, 0.15) is 54.3 Å². The molecule has 0 unspecified atom stereocenters. The number of rotatable bonds is 6. The van der Waals surface area contributed by atoms with Crippen molar-refractivity contribution in [3.63, 3.8) is 0 Å². The van der Waals surface area contributed by atoms with Crippen LogP contribution in [0, 0.1) is 0 Å². The minimum Gasteiger partial charge on any atom is -0.381 e. The Bertz CT molecular complexity index is 1390. The van der Waals surface area contributed by atoms with E-state index in [1.165, 1.54) is 22.7 Å². The van der Waals surface area contributed by atoms with Gasteiger partial charge in [-0.05, 0) is 54.0 Å². The minimum absolute atomic E-state index is 0.183. The predicted molar refractivity (Wildman–Crippen MR) is 135 cm³/mol. The lowest BCUT2D eigenvalue weighted by Gasteiger charge is -2.17. The van der Waals surface area contributed by atoms with E-state index < -0.39 is 11.9 Å². The number of halogens is 3. The molecule has 0 aliphatic heterocycles. The van der Waals surface area contributed by atoms with Crippen molar-refractivity contribution < 1.29 is 13.2 Å². The molecular formula is C28H28F3N5. The number of pyridine rings is 2. The topological polar surface area (TPSA) is 55.6 Å². The van der Waals surface area contributed by atoms with Gasteiger partial charge in [0.05, 0.1) is 5.69 Å². The zero-order chi connectivity index (χ0) is 25.4. The van der Waals surface area contributed by atoms with Gasteiger partial charge in [0, 0.05) is 42.9 Å². The lowest BCUT2D eigenvalue weighted by atomic mass is 9.94. The second kappa shape index (κ2) is 9.41. The number of nitrogens with zero attached hydrogens (tertiary/aromatic N) is 4. The van der Waals surface area contributed by atoms with Crippen molar-refractivity contribution in [2.45, 2.75) is 51.7 Å². The summed E-state index contributed by atoms with van der Waals surface area (Å²) in [6.45, 7) is 4.93. The number of fused-ring (bicyclic) bond motifs is 1. The molecule has 186 valence electrons. The number of benzene rings is 1. The highest BCUT2D eigenvalue weighted by Gasteiger charge is 2.34. The Kier molecular flexibility index (Phi) is 6.28. The van der Waals surface area contributed by atoms with Crippen LogP contribution >= 0.6 is 0 Å². The van der Waals surface area contributed by atoms with Crippen molar-refractivity contribution >= 4 is 5.69 Å². The molecule has 0 spiro atoms. The standard InChI is InChI=1S/C28H28F3N5/c1-17(2)19-7-4-5-8-20(19)25-13-24(21-9-6-10-22(21)34-25)33-15-18-11-12-23(32-14-18)27-35-26(16-36(27)3)28(29,30)31/h4-5,7-8,11-14,16-17H,6,9-10,15H2,1-3H3,(H,33,34). The Morgan fingerprint density at radius 2 is 1.83 bits per heavy atom. The SMILES string of the molecule is CC(C)c1ccccc1-c1cc(NCc2ccc(-c3nc(C(F)(F)F)cn3C)nc2)c2c(n1)CCC2. The van der Waals surface area contributed by atoms with Gasteiger partial charge in [0.1, 0.15) is 5.69 Å². The van der Waals surface area contributed by atoms with E-state index in [1.54, 1.807) is 12.3 Å². The van der Waals surface area contributed by atoms with E-state index in [-0.39, 0.29) is 5.82 Å². The van der Waals surface area contributed by atoms with Crippen LogP contribution < -0.4 is 5.32 Å². The van der Waals surface area contributed by atoms with E-state index in [1.807, 2.05) is 6.07 Å². The number of hydrogen-bond acceptors (Lipinski definition) is 4. The third-order valence-corrected chi connectivity index (χ3v) is 6.61. The van der Waals surface area contributed by atoms with Crippen LogP contribution in [-0.4, -0.2) is 19.5 Å². The Labute approximate surface area is 208 Å². The first-order valence-corrected chi connectivity index (χ1v) is 12.1. The molecule has 0 fully saturated rings. The zero-order valence-corrected chi connectivity index (χ0v) is 20.5. The Hall–Kier alpha value is -3.68. The maximum Gasteiger partial charge on any atom is 0.434 e. The third-order valence-electron chi connectivity index (χ3n) is 6.61. The molecule has 5 rings (SSSR count). The van der Waals surface area contributed by atoms with Gasteiger partial charge in [-0.25, -0.2) is 4.98 Å². The number of aryl methyl sites for hydroxylation is 2. The summed E-state index contributed by atoms with van der Waals surface area (Å²) >= 11 is 0.